The fourth-order valence-electron chi connectivity index (χ4n) is 2.11. The molecule has 1 aromatic heterocycles. The van der Waals surface area contributed by atoms with E-state index in [9.17, 15) is 9.59 Å². The number of aryl methyl sites for hydroxylation is 2. The molecule has 0 aliphatic carbocycles. The number of esters is 1. The van der Waals surface area contributed by atoms with Crippen molar-refractivity contribution in [3.8, 4) is 0 Å². The van der Waals surface area contributed by atoms with Gasteiger partial charge in [-0.2, -0.15) is 0 Å². The molecule has 0 spiro atoms. The predicted octanol–water partition coefficient (Wildman–Crippen LogP) is 1.71. The van der Waals surface area contributed by atoms with Gasteiger partial charge in [0, 0.05) is 12.4 Å². The number of amides is 1. The molecule has 0 aliphatic rings. The average molecular weight is 328 g/mol. The van der Waals surface area contributed by atoms with Crippen molar-refractivity contribution in [1.29, 1.82) is 0 Å². The molecule has 1 heterocycles. The lowest BCUT2D eigenvalue weighted by molar-refractivity contribution is -0.124. The third-order valence-electron chi connectivity index (χ3n) is 3.66. The number of aromatic nitrogens is 2. The van der Waals surface area contributed by atoms with E-state index in [4.69, 9.17) is 10.5 Å². The zero-order chi connectivity index (χ0) is 17.7. The second kappa shape index (κ2) is 7.54. The van der Waals surface area contributed by atoms with Crippen LogP contribution >= 0.6 is 0 Å². The molecule has 0 aliphatic heterocycles. The van der Waals surface area contributed by atoms with Crippen molar-refractivity contribution in [2.45, 2.75) is 26.8 Å². The molecule has 0 unspecified atom stereocenters. The summed E-state index contributed by atoms with van der Waals surface area (Å²) in [6.07, 6.45) is 2.69. The first-order valence-electron chi connectivity index (χ1n) is 7.48. The number of anilines is 1. The van der Waals surface area contributed by atoms with Crippen LogP contribution < -0.4 is 11.1 Å². The summed E-state index contributed by atoms with van der Waals surface area (Å²) < 4.78 is 4.92. The topological polar surface area (TPSA) is 107 Å². The SMILES string of the molecule is Cc1ccc([C@H](C)NC(=O)COC(=O)c2nccnc2N)cc1C. The molecule has 2 rings (SSSR count). The summed E-state index contributed by atoms with van der Waals surface area (Å²) in [7, 11) is 0. The summed E-state index contributed by atoms with van der Waals surface area (Å²) in [4.78, 5) is 31.3. The van der Waals surface area contributed by atoms with Crippen molar-refractivity contribution in [2.75, 3.05) is 12.3 Å². The van der Waals surface area contributed by atoms with Crippen LogP contribution in [-0.2, 0) is 9.53 Å². The number of carbonyl (C=O) groups excluding carboxylic acids is 2. The highest BCUT2D eigenvalue weighted by molar-refractivity contribution is 5.93. The molecule has 0 fully saturated rings. The zero-order valence-corrected chi connectivity index (χ0v) is 13.9. The minimum atomic E-state index is -0.783. The Morgan fingerprint density at radius 3 is 2.58 bits per heavy atom. The minimum Gasteiger partial charge on any atom is -0.451 e. The second-order valence-corrected chi connectivity index (χ2v) is 5.50. The molecular formula is C17H20N4O3. The van der Waals surface area contributed by atoms with E-state index in [-0.39, 0.29) is 17.6 Å². The van der Waals surface area contributed by atoms with Crippen LogP contribution in [0.25, 0.3) is 0 Å². The quantitative estimate of drug-likeness (QED) is 0.809. The average Bonchev–Trinajstić information content (AvgIpc) is 2.55. The minimum absolute atomic E-state index is 0.0357. The lowest BCUT2D eigenvalue weighted by Crippen LogP contribution is -2.31. The van der Waals surface area contributed by atoms with Crippen LogP contribution in [0.3, 0.4) is 0 Å². The number of nitrogens with zero attached hydrogens (tertiary/aromatic N) is 2. The van der Waals surface area contributed by atoms with Crippen molar-refractivity contribution in [1.82, 2.24) is 15.3 Å². The molecule has 126 valence electrons. The number of rotatable bonds is 5. The van der Waals surface area contributed by atoms with Gasteiger partial charge >= 0.3 is 5.97 Å². The normalized spacial score (nSPS) is 11.6. The number of hydrogen-bond donors (Lipinski definition) is 2. The van der Waals surface area contributed by atoms with Gasteiger partial charge in [0.2, 0.25) is 0 Å². The van der Waals surface area contributed by atoms with Crippen molar-refractivity contribution in [2.24, 2.45) is 0 Å². The summed E-state index contributed by atoms with van der Waals surface area (Å²) in [6, 6.07) is 5.79. The Labute approximate surface area is 140 Å². The van der Waals surface area contributed by atoms with Crippen LogP contribution in [0.15, 0.2) is 30.6 Å². The monoisotopic (exact) mass is 328 g/mol. The second-order valence-electron chi connectivity index (χ2n) is 5.50. The number of carbonyl (C=O) groups is 2. The van der Waals surface area contributed by atoms with Gasteiger partial charge in [-0.3, -0.25) is 4.79 Å². The lowest BCUT2D eigenvalue weighted by Gasteiger charge is -2.15. The van der Waals surface area contributed by atoms with Crippen LogP contribution in [0.1, 0.15) is 40.1 Å². The van der Waals surface area contributed by atoms with E-state index in [1.54, 1.807) is 0 Å². The van der Waals surface area contributed by atoms with Crippen molar-refractivity contribution in [3.05, 3.63) is 53.0 Å². The van der Waals surface area contributed by atoms with Crippen molar-refractivity contribution >= 4 is 17.7 Å². The Morgan fingerprint density at radius 2 is 1.92 bits per heavy atom. The largest absolute Gasteiger partial charge is 0.451 e. The molecule has 7 nitrogen and oxygen atoms in total. The fourth-order valence-corrected chi connectivity index (χ4v) is 2.11. The van der Waals surface area contributed by atoms with Crippen LogP contribution in [0.5, 0.6) is 0 Å². The molecule has 7 heteroatoms. The Kier molecular flexibility index (Phi) is 5.47. The highest BCUT2D eigenvalue weighted by Gasteiger charge is 2.16. The smallest absolute Gasteiger partial charge is 0.361 e. The first kappa shape index (κ1) is 17.4. The maximum atomic E-state index is 11.9. The van der Waals surface area contributed by atoms with E-state index in [1.165, 1.54) is 18.0 Å². The van der Waals surface area contributed by atoms with Gasteiger partial charge in [-0.05, 0) is 37.5 Å². The standard InChI is InChI=1S/C17H20N4O3/c1-10-4-5-13(8-11(10)2)12(3)21-14(22)9-24-17(23)15-16(18)20-7-6-19-15/h4-8,12H,9H2,1-3H3,(H2,18,20)(H,21,22)/t12-/m0/s1. The van der Waals surface area contributed by atoms with Gasteiger partial charge in [0.15, 0.2) is 18.1 Å². The molecule has 1 aromatic carbocycles. The van der Waals surface area contributed by atoms with E-state index >= 15 is 0 Å². The Bertz CT molecular complexity index is 761. The van der Waals surface area contributed by atoms with Crippen LogP contribution in [0.2, 0.25) is 0 Å². The van der Waals surface area contributed by atoms with E-state index in [2.05, 4.69) is 15.3 Å². The van der Waals surface area contributed by atoms with Gasteiger partial charge in [-0.15, -0.1) is 0 Å². The molecule has 0 saturated heterocycles. The molecular weight excluding hydrogens is 308 g/mol. The van der Waals surface area contributed by atoms with E-state index < -0.39 is 18.5 Å². The lowest BCUT2D eigenvalue weighted by atomic mass is 10.0. The number of benzene rings is 1. The first-order chi connectivity index (χ1) is 11.4. The molecule has 1 amide bonds. The maximum absolute atomic E-state index is 11.9. The zero-order valence-electron chi connectivity index (χ0n) is 13.9. The number of nitrogen functional groups attached to an aromatic ring is 1. The highest BCUT2D eigenvalue weighted by Crippen LogP contribution is 2.16. The van der Waals surface area contributed by atoms with E-state index in [0.717, 1.165) is 11.1 Å². The first-order valence-corrected chi connectivity index (χ1v) is 7.48. The van der Waals surface area contributed by atoms with Crippen molar-refractivity contribution in [3.63, 3.8) is 0 Å². The van der Waals surface area contributed by atoms with E-state index in [1.807, 2.05) is 39.0 Å². The Hall–Kier alpha value is -2.96. The van der Waals surface area contributed by atoms with Gasteiger partial charge in [0.25, 0.3) is 5.91 Å². The molecule has 3 N–H and O–H groups in total. The fraction of sp³-hybridized carbons (Fsp3) is 0.294. The number of nitrogens with two attached hydrogens (primary N) is 1. The molecule has 24 heavy (non-hydrogen) atoms. The van der Waals surface area contributed by atoms with Gasteiger partial charge < -0.3 is 15.8 Å². The summed E-state index contributed by atoms with van der Waals surface area (Å²) in [5.41, 5.74) is 8.75. The summed E-state index contributed by atoms with van der Waals surface area (Å²) in [5, 5.41) is 2.78. The number of ether oxygens (including phenoxy) is 1. The van der Waals surface area contributed by atoms with Gasteiger partial charge in [-0.25, -0.2) is 14.8 Å². The van der Waals surface area contributed by atoms with Gasteiger partial charge in [0.1, 0.15) is 0 Å². The summed E-state index contributed by atoms with van der Waals surface area (Å²) in [5.74, 6) is -1.22. The Balaban J connectivity index is 1.90. The molecule has 0 bridgehead atoms. The third kappa shape index (κ3) is 4.28. The van der Waals surface area contributed by atoms with Crippen LogP contribution in [0.4, 0.5) is 5.82 Å². The molecule has 0 radical (unpaired) electrons. The third-order valence-corrected chi connectivity index (χ3v) is 3.66. The van der Waals surface area contributed by atoms with E-state index in [0.29, 0.717) is 0 Å². The number of nitrogens with one attached hydrogen (secondary N) is 1. The highest BCUT2D eigenvalue weighted by atomic mass is 16.5. The molecule has 2 aromatic rings. The number of hydrogen-bond acceptors (Lipinski definition) is 6. The van der Waals surface area contributed by atoms with Crippen LogP contribution in [0, 0.1) is 13.8 Å². The maximum Gasteiger partial charge on any atom is 0.361 e. The van der Waals surface area contributed by atoms with Gasteiger partial charge in [-0.1, -0.05) is 18.2 Å². The summed E-state index contributed by atoms with van der Waals surface area (Å²) >= 11 is 0. The molecule has 0 saturated carbocycles. The summed E-state index contributed by atoms with van der Waals surface area (Å²) in [6.45, 7) is 5.50. The van der Waals surface area contributed by atoms with Crippen LogP contribution in [-0.4, -0.2) is 28.5 Å². The molecule has 1 atom stereocenters. The Morgan fingerprint density at radius 1 is 1.21 bits per heavy atom. The predicted molar refractivity (Wildman–Crippen MR) is 89.2 cm³/mol. The van der Waals surface area contributed by atoms with Gasteiger partial charge in [0.05, 0.1) is 6.04 Å². The van der Waals surface area contributed by atoms with Crippen molar-refractivity contribution < 1.29 is 14.3 Å².